The summed E-state index contributed by atoms with van der Waals surface area (Å²) in [5.74, 6) is 2.25. The minimum atomic E-state index is -0.124. The summed E-state index contributed by atoms with van der Waals surface area (Å²) in [6, 6.07) is 11.8. The minimum absolute atomic E-state index is 0. The Hall–Kier alpha value is -2.31. The second-order valence-electron chi connectivity index (χ2n) is 4.32. The molecular formula is C16H15ClN2O. The molecule has 2 aliphatic rings. The first-order valence-corrected chi connectivity index (χ1v) is 5.87. The van der Waals surface area contributed by atoms with Gasteiger partial charge in [0.15, 0.2) is 0 Å². The standard InChI is InChI=1S/C10H10N2O.C6H4.ClH/c1-4-9-8(6-5-7-11-9)10(13)12(2)3;1-2-5-4-6(5)3-1;/h1,5-7H,2-3H3;1-4H;1H. The third kappa shape index (κ3) is 3.59. The lowest BCUT2D eigenvalue weighted by Crippen LogP contribution is -2.22. The fourth-order valence-electron chi connectivity index (χ4n) is 1.61. The number of halogens is 1. The second-order valence-corrected chi connectivity index (χ2v) is 4.32. The molecule has 0 N–H and O–H groups in total. The SMILES string of the molecule is C#Cc1ncccc1C(=O)N(C)C.Cl.c1cc2cc-2c1. The number of amides is 1. The highest BCUT2D eigenvalue weighted by Crippen LogP contribution is 2.32. The van der Waals surface area contributed by atoms with Gasteiger partial charge in [0.2, 0.25) is 0 Å². The van der Waals surface area contributed by atoms with Crippen molar-refractivity contribution >= 4 is 18.3 Å². The van der Waals surface area contributed by atoms with Crippen molar-refractivity contribution in [2.75, 3.05) is 14.1 Å². The first kappa shape index (κ1) is 15.7. The summed E-state index contributed by atoms with van der Waals surface area (Å²) in [6.07, 6.45) is 6.78. The number of fused-ring (bicyclic) bond motifs is 1. The molecule has 1 aromatic heterocycles. The van der Waals surface area contributed by atoms with Crippen LogP contribution in [0.3, 0.4) is 0 Å². The van der Waals surface area contributed by atoms with Crippen LogP contribution < -0.4 is 0 Å². The molecule has 0 spiro atoms. The predicted octanol–water partition coefficient (Wildman–Crippen LogP) is 2.85. The summed E-state index contributed by atoms with van der Waals surface area (Å²) in [5, 5.41) is 0. The molecule has 0 aliphatic heterocycles. The lowest BCUT2D eigenvalue weighted by Gasteiger charge is -2.10. The van der Waals surface area contributed by atoms with Crippen molar-refractivity contribution in [3.63, 3.8) is 0 Å². The molecular weight excluding hydrogens is 272 g/mol. The molecule has 0 saturated heterocycles. The van der Waals surface area contributed by atoms with Gasteiger partial charge < -0.3 is 4.90 Å². The van der Waals surface area contributed by atoms with Crippen LogP contribution in [-0.4, -0.2) is 29.9 Å². The lowest BCUT2D eigenvalue weighted by atomic mass is 10.2. The molecule has 1 amide bonds. The molecule has 0 radical (unpaired) electrons. The normalized spacial score (nSPS) is 9.25. The second kappa shape index (κ2) is 6.74. The number of benzene rings is 1. The summed E-state index contributed by atoms with van der Waals surface area (Å²) in [7, 11) is 3.35. The van der Waals surface area contributed by atoms with Gasteiger partial charge in [-0.15, -0.1) is 18.8 Å². The monoisotopic (exact) mass is 286 g/mol. The lowest BCUT2D eigenvalue weighted by molar-refractivity contribution is 0.0827. The van der Waals surface area contributed by atoms with Gasteiger partial charge in [0, 0.05) is 20.3 Å². The van der Waals surface area contributed by atoms with Crippen molar-refractivity contribution in [3.05, 3.63) is 53.9 Å². The molecule has 3 nitrogen and oxygen atoms in total. The quantitative estimate of drug-likeness (QED) is 0.645. The fraction of sp³-hybridized carbons (Fsp3) is 0.125. The maximum atomic E-state index is 11.5. The van der Waals surface area contributed by atoms with E-state index in [1.807, 2.05) is 0 Å². The van der Waals surface area contributed by atoms with Crippen molar-refractivity contribution in [2.45, 2.75) is 0 Å². The van der Waals surface area contributed by atoms with Crippen molar-refractivity contribution < 1.29 is 4.79 Å². The number of rotatable bonds is 1. The van der Waals surface area contributed by atoms with E-state index in [-0.39, 0.29) is 18.3 Å². The molecule has 2 aliphatic carbocycles. The van der Waals surface area contributed by atoms with Crippen molar-refractivity contribution in [1.29, 1.82) is 0 Å². The van der Waals surface area contributed by atoms with Crippen LogP contribution in [-0.2, 0) is 0 Å². The Labute approximate surface area is 125 Å². The molecule has 0 fully saturated rings. The van der Waals surface area contributed by atoms with E-state index in [1.54, 1.807) is 32.4 Å². The minimum Gasteiger partial charge on any atom is -0.345 e. The Kier molecular flexibility index (Phi) is 5.31. The van der Waals surface area contributed by atoms with Crippen LogP contribution in [0.4, 0.5) is 0 Å². The van der Waals surface area contributed by atoms with Gasteiger partial charge in [-0.25, -0.2) is 4.98 Å². The van der Waals surface area contributed by atoms with Crippen LogP contribution in [0.2, 0.25) is 0 Å². The molecule has 102 valence electrons. The Morgan fingerprint density at radius 1 is 1.20 bits per heavy atom. The Morgan fingerprint density at radius 3 is 2.25 bits per heavy atom. The Bertz CT molecular complexity index is 642. The molecule has 0 atom stereocenters. The molecule has 0 aromatic carbocycles. The van der Waals surface area contributed by atoms with Crippen molar-refractivity contribution in [3.8, 4) is 23.5 Å². The number of aromatic nitrogens is 1. The number of pyridine rings is 1. The highest BCUT2D eigenvalue weighted by molar-refractivity contribution is 5.95. The average Bonchev–Trinajstić information content (AvgIpc) is 3.04. The van der Waals surface area contributed by atoms with Crippen molar-refractivity contribution in [2.24, 2.45) is 0 Å². The molecule has 3 rings (SSSR count). The molecule has 20 heavy (non-hydrogen) atoms. The first-order valence-electron chi connectivity index (χ1n) is 5.87. The number of carbonyl (C=O) groups excluding carboxylic acids is 1. The number of nitrogens with zero attached hydrogens (tertiary/aromatic N) is 2. The topological polar surface area (TPSA) is 33.2 Å². The van der Waals surface area contributed by atoms with Crippen molar-refractivity contribution in [1.82, 2.24) is 9.88 Å². The molecule has 0 unspecified atom stereocenters. The van der Waals surface area contributed by atoms with E-state index in [2.05, 4.69) is 35.2 Å². The molecule has 0 bridgehead atoms. The van der Waals surface area contributed by atoms with Crippen LogP contribution in [0.25, 0.3) is 11.1 Å². The van der Waals surface area contributed by atoms with Crippen LogP contribution in [0.1, 0.15) is 16.1 Å². The van der Waals surface area contributed by atoms with Crippen LogP contribution in [0.5, 0.6) is 0 Å². The summed E-state index contributed by atoms with van der Waals surface area (Å²) >= 11 is 0. The van der Waals surface area contributed by atoms with E-state index in [4.69, 9.17) is 6.42 Å². The summed E-state index contributed by atoms with van der Waals surface area (Å²) in [4.78, 5) is 16.9. The predicted molar refractivity (Wildman–Crippen MR) is 82.9 cm³/mol. The zero-order chi connectivity index (χ0) is 13.8. The van der Waals surface area contributed by atoms with Gasteiger partial charge >= 0.3 is 0 Å². The highest BCUT2D eigenvalue weighted by atomic mass is 35.5. The first-order chi connectivity index (χ1) is 9.13. The maximum Gasteiger partial charge on any atom is 0.256 e. The zero-order valence-electron chi connectivity index (χ0n) is 11.3. The van der Waals surface area contributed by atoms with Gasteiger partial charge in [-0.2, -0.15) is 0 Å². The number of hydrogen-bond acceptors (Lipinski definition) is 2. The van der Waals surface area contributed by atoms with Gasteiger partial charge in [0.25, 0.3) is 5.91 Å². The van der Waals surface area contributed by atoms with Gasteiger partial charge in [-0.05, 0) is 35.2 Å². The average molecular weight is 287 g/mol. The maximum absolute atomic E-state index is 11.5. The summed E-state index contributed by atoms with van der Waals surface area (Å²) in [6.45, 7) is 0. The third-order valence-corrected chi connectivity index (χ3v) is 2.69. The van der Waals surface area contributed by atoms with Crippen LogP contribution in [0.15, 0.2) is 42.6 Å². The van der Waals surface area contributed by atoms with E-state index in [0.717, 1.165) is 0 Å². The molecule has 4 heteroatoms. The van der Waals surface area contributed by atoms with E-state index in [9.17, 15) is 4.79 Å². The smallest absolute Gasteiger partial charge is 0.256 e. The Morgan fingerprint density at radius 2 is 1.85 bits per heavy atom. The van der Waals surface area contributed by atoms with Gasteiger partial charge in [-0.3, -0.25) is 4.79 Å². The Balaban J connectivity index is 0.000000236. The fourth-order valence-corrected chi connectivity index (χ4v) is 1.61. The zero-order valence-corrected chi connectivity index (χ0v) is 12.1. The largest absolute Gasteiger partial charge is 0.345 e. The van der Waals surface area contributed by atoms with Crippen LogP contribution in [0, 0.1) is 12.3 Å². The number of hydrogen-bond donors (Lipinski definition) is 0. The summed E-state index contributed by atoms with van der Waals surface area (Å²) < 4.78 is 0. The molecule has 1 heterocycles. The van der Waals surface area contributed by atoms with Crippen LogP contribution >= 0.6 is 12.4 Å². The van der Waals surface area contributed by atoms with E-state index in [1.165, 1.54) is 16.0 Å². The van der Waals surface area contributed by atoms with E-state index >= 15 is 0 Å². The van der Waals surface area contributed by atoms with Gasteiger partial charge in [0.05, 0.1) is 5.56 Å². The molecule has 0 saturated carbocycles. The molecule has 1 aromatic rings. The van der Waals surface area contributed by atoms with Gasteiger partial charge in [0.1, 0.15) is 5.69 Å². The van der Waals surface area contributed by atoms with Gasteiger partial charge in [-0.1, -0.05) is 18.2 Å². The highest BCUT2D eigenvalue weighted by Gasteiger charge is 2.11. The van der Waals surface area contributed by atoms with E-state index in [0.29, 0.717) is 11.3 Å². The number of terminal acetylenes is 1. The number of carbonyl (C=O) groups is 1. The third-order valence-electron chi connectivity index (χ3n) is 2.69. The van der Waals surface area contributed by atoms with E-state index < -0.39 is 0 Å². The summed E-state index contributed by atoms with van der Waals surface area (Å²) in [5.41, 5.74) is 3.71.